The van der Waals surface area contributed by atoms with Crippen LogP contribution in [0.2, 0.25) is 0 Å². The first-order valence-electron chi connectivity index (χ1n) is 7.87. The monoisotopic (exact) mass is 328 g/mol. The zero-order valence-electron chi connectivity index (χ0n) is 12.8. The highest BCUT2D eigenvalue weighted by atomic mass is 16.2. The van der Waals surface area contributed by atoms with E-state index in [9.17, 15) is 19.2 Å². The number of carbonyl (C=O) groups excluding carboxylic acids is 4. The molecule has 1 aromatic rings. The number of hydrogen-bond acceptors (Lipinski definition) is 6. The van der Waals surface area contributed by atoms with Crippen LogP contribution in [0, 0.1) is 0 Å². The molecular formula is C16H16N4O4. The maximum atomic E-state index is 12.7. The van der Waals surface area contributed by atoms with Crippen LogP contribution in [0.4, 0.5) is 5.69 Å². The van der Waals surface area contributed by atoms with Gasteiger partial charge in [-0.15, -0.1) is 0 Å². The van der Waals surface area contributed by atoms with Gasteiger partial charge >= 0.3 is 0 Å². The summed E-state index contributed by atoms with van der Waals surface area (Å²) < 4.78 is 0. The molecule has 3 aliphatic heterocycles. The van der Waals surface area contributed by atoms with Crippen molar-refractivity contribution in [3.05, 3.63) is 29.3 Å². The Hall–Kier alpha value is -2.74. The summed E-state index contributed by atoms with van der Waals surface area (Å²) in [6.45, 7) is 1.71. The van der Waals surface area contributed by atoms with Gasteiger partial charge < -0.3 is 10.6 Å². The van der Waals surface area contributed by atoms with Gasteiger partial charge in [0.25, 0.3) is 11.8 Å². The first kappa shape index (κ1) is 14.8. The predicted octanol–water partition coefficient (Wildman–Crippen LogP) is -0.528. The summed E-state index contributed by atoms with van der Waals surface area (Å²) in [5.41, 5.74) is 1.36. The highest BCUT2D eigenvalue weighted by molar-refractivity contribution is 6.23. The number of nitrogens with one attached hydrogen (secondary N) is 3. The third-order valence-electron chi connectivity index (χ3n) is 4.59. The van der Waals surface area contributed by atoms with Crippen LogP contribution in [0.1, 0.15) is 33.6 Å². The molecule has 0 aromatic heterocycles. The van der Waals surface area contributed by atoms with E-state index in [2.05, 4.69) is 16.0 Å². The van der Waals surface area contributed by atoms with Gasteiger partial charge in [0.1, 0.15) is 6.04 Å². The van der Waals surface area contributed by atoms with E-state index in [1.807, 2.05) is 0 Å². The maximum absolute atomic E-state index is 12.7. The van der Waals surface area contributed by atoms with Crippen LogP contribution >= 0.6 is 0 Å². The molecule has 0 aliphatic carbocycles. The Morgan fingerprint density at radius 1 is 1.04 bits per heavy atom. The average Bonchev–Trinajstić information content (AvgIpc) is 2.75. The van der Waals surface area contributed by atoms with Crippen LogP contribution in [-0.2, 0) is 9.59 Å². The number of fused-ring (bicyclic) bond motifs is 1. The highest BCUT2D eigenvalue weighted by Crippen LogP contribution is 2.29. The maximum Gasteiger partial charge on any atom is 0.262 e. The van der Waals surface area contributed by atoms with E-state index < -0.39 is 23.8 Å². The van der Waals surface area contributed by atoms with Crippen LogP contribution < -0.4 is 16.0 Å². The standard InChI is InChI=1S/C16H16N4O4/c21-13-4-3-12(14(22)19-13)20-15(23)10-2-1-8(5-11(10)16(20)24)18-9-6-17-7-9/h1-2,5,9,12,17-18H,3-4,6-7H2,(H,19,21,22). The second-order valence-corrected chi connectivity index (χ2v) is 6.21. The minimum absolute atomic E-state index is 0.116. The summed E-state index contributed by atoms with van der Waals surface area (Å²) in [5.74, 6) is -1.95. The Kier molecular flexibility index (Phi) is 3.34. The lowest BCUT2D eigenvalue weighted by molar-refractivity contribution is -0.136. The number of carbonyl (C=O) groups is 4. The smallest absolute Gasteiger partial charge is 0.262 e. The van der Waals surface area contributed by atoms with Crippen LogP contribution in [-0.4, -0.2) is 53.7 Å². The summed E-state index contributed by atoms with van der Waals surface area (Å²) in [7, 11) is 0. The third kappa shape index (κ3) is 2.26. The van der Waals surface area contributed by atoms with Gasteiger partial charge in [-0.25, -0.2) is 0 Å². The zero-order valence-corrected chi connectivity index (χ0v) is 12.8. The van der Waals surface area contributed by atoms with E-state index in [1.54, 1.807) is 18.2 Å². The molecule has 124 valence electrons. The molecule has 0 bridgehead atoms. The van der Waals surface area contributed by atoms with Gasteiger partial charge in [-0.3, -0.25) is 29.4 Å². The fraction of sp³-hybridized carbons (Fsp3) is 0.375. The Bertz CT molecular complexity index is 771. The molecule has 8 heteroatoms. The Balaban J connectivity index is 1.60. The van der Waals surface area contributed by atoms with Crippen molar-refractivity contribution in [1.82, 2.24) is 15.5 Å². The molecule has 3 heterocycles. The van der Waals surface area contributed by atoms with E-state index in [1.165, 1.54) is 0 Å². The van der Waals surface area contributed by atoms with Crippen molar-refractivity contribution in [2.45, 2.75) is 24.9 Å². The summed E-state index contributed by atoms with van der Waals surface area (Å²) >= 11 is 0. The average molecular weight is 328 g/mol. The molecule has 2 fully saturated rings. The Morgan fingerprint density at radius 3 is 2.46 bits per heavy atom. The largest absolute Gasteiger partial charge is 0.380 e. The second kappa shape index (κ2) is 5.41. The quantitative estimate of drug-likeness (QED) is 0.644. The van der Waals surface area contributed by atoms with E-state index in [0.29, 0.717) is 17.2 Å². The highest BCUT2D eigenvalue weighted by Gasteiger charge is 2.44. The number of anilines is 1. The van der Waals surface area contributed by atoms with Crippen molar-refractivity contribution in [2.24, 2.45) is 0 Å². The number of hydrogen-bond donors (Lipinski definition) is 3. The van der Waals surface area contributed by atoms with Gasteiger partial charge in [0.2, 0.25) is 11.8 Å². The summed E-state index contributed by atoms with van der Waals surface area (Å²) in [6.07, 6.45) is 0.278. The molecule has 3 aliphatic rings. The summed E-state index contributed by atoms with van der Waals surface area (Å²) in [5, 5.41) is 8.61. The third-order valence-corrected chi connectivity index (χ3v) is 4.59. The minimum atomic E-state index is -0.928. The van der Waals surface area contributed by atoms with E-state index in [-0.39, 0.29) is 18.7 Å². The Morgan fingerprint density at radius 2 is 1.79 bits per heavy atom. The van der Waals surface area contributed by atoms with Crippen molar-refractivity contribution >= 4 is 29.3 Å². The molecule has 1 unspecified atom stereocenters. The topological polar surface area (TPSA) is 108 Å². The van der Waals surface area contributed by atoms with Gasteiger partial charge in [0, 0.05) is 25.2 Å². The summed E-state index contributed by atoms with van der Waals surface area (Å²) in [4.78, 5) is 49.4. The van der Waals surface area contributed by atoms with Crippen molar-refractivity contribution in [2.75, 3.05) is 18.4 Å². The van der Waals surface area contributed by atoms with Crippen LogP contribution in [0.15, 0.2) is 18.2 Å². The SMILES string of the molecule is O=C1CCC(N2C(=O)c3ccc(NC4CNC4)cc3C2=O)C(=O)N1. The summed E-state index contributed by atoms with van der Waals surface area (Å²) in [6, 6.07) is 4.40. The number of rotatable bonds is 3. The molecule has 4 rings (SSSR count). The number of imide groups is 2. The van der Waals surface area contributed by atoms with Crippen LogP contribution in [0.3, 0.4) is 0 Å². The van der Waals surface area contributed by atoms with Gasteiger partial charge in [-0.05, 0) is 24.6 Å². The second-order valence-electron chi connectivity index (χ2n) is 6.21. The van der Waals surface area contributed by atoms with Crippen molar-refractivity contribution in [3.63, 3.8) is 0 Å². The van der Waals surface area contributed by atoms with E-state index in [0.717, 1.165) is 23.7 Å². The molecule has 0 radical (unpaired) electrons. The van der Waals surface area contributed by atoms with Crippen LogP contribution in [0.5, 0.6) is 0 Å². The number of benzene rings is 1. The van der Waals surface area contributed by atoms with Crippen molar-refractivity contribution < 1.29 is 19.2 Å². The molecule has 0 saturated carbocycles. The fourth-order valence-electron chi connectivity index (χ4n) is 3.19. The number of nitrogens with zero attached hydrogens (tertiary/aromatic N) is 1. The van der Waals surface area contributed by atoms with Crippen molar-refractivity contribution in [1.29, 1.82) is 0 Å². The zero-order chi connectivity index (χ0) is 16.8. The molecule has 8 nitrogen and oxygen atoms in total. The molecule has 0 spiro atoms. The van der Waals surface area contributed by atoms with Gasteiger partial charge in [-0.1, -0.05) is 0 Å². The first-order valence-corrected chi connectivity index (χ1v) is 7.87. The lowest BCUT2D eigenvalue weighted by atomic mass is 10.0. The molecular weight excluding hydrogens is 312 g/mol. The molecule has 1 atom stereocenters. The van der Waals surface area contributed by atoms with Crippen molar-refractivity contribution in [3.8, 4) is 0 Å². The fourth-order valence-corrected chi connectivity index (χ4v) is 3.19. The Labute approximate surface area is 137 Å². The molecule has 2 saturated heterocycles. The van der Waals surface area contributed by atoms with Gasteiger partial charge in [-0.2, -0.15) is 0 Å². The van der Waals surface area contributed by atoms with Crippen LogP contribution in [0.25, 0.3) is 0 Å². The lowest BCUT2D eigenvalue weighted by Crippen LogP contribution is -2.54. The van der Waals surface area contributed by atoms with E-state index >= 15 is 0 Å². The molecule has 24 heavy (non-hydrogen) atoms. The van der Waals surface area contributed by atoms with Gasteiger partial charge in [0.15, 0.2) is 0 Å². The van der Waals surface area contributed by atoms with E-state index in [4.69, 9.17) is 0 Å². The normalized spacial score (nSPS) is 23.8. The number of piperidine rings is 1. The van der Waals surface area contributed by atoms with Gasteiger partial charge in [0.05, 0.1) is 17.2 Å². The first-order chi connectivity index (χ1) is 11.5. The molecule has 4 amide bonds. The molecule has 3 N–H and O–H groups in total. The lowest BCUT2D eigenvalue weighted by Gasteiger charge is -2.29. The number of amides is 4. The predicted molar refractivity (Wildman–Crippen MR) is 83.4 cm³/mol. The minimum Gasteiger partial charge on any atom is -0.380 e. The molecule has 1 aromatic carbocycles.